The predicted octanol–water partition coefficient (Wildman–Crippen LogP) is 2.09. The molecule has 0 spiro atoms. The third-order valence-corrected chi connectivity index (χ3v) is 4.94. The van der Waals surface area contributed by atoms with Crippen molar-refractivity contribution >= 4 is 29.5 Å². The Balaban J connectivity index is 1.96. The number of rotatable bonds is 8. The summed E-state index contributed by atoms with van der Waals surface area (Å²) in [6.07, 6.45) is 3.50. The molecule has 0 radical (unpaired) electrons. The minimum absolute atomic E-state index is 0.172. The summed E-state index contributed by atoms with van der Waals surface area (Å²) < 4.78 is 5.37. The van der Waals surface area contributed by atoms with Crippen LogP contribution in [0.5, 0.6) is 0 Å². The van der Waals surface area contributed by atoms with Crippen LogP contribution in [0, 0.1) is 0 Å². The highest BCUT2D eigenvalue weighted by molar-refractivity contribution is 7.98. The summed E-state index contributed by atoms with van der Waals surface area (Å²) in [7, 11) is 0. The second kappa shape index (κ2) is 10.2. The van der Waals surface area contributed by atoms with Gasteiger partial charge in [0.25, 0.3) is 11.8 Å². The summed E-state index contributed by atoms with van der Waals surface area (Å²) in [5.41, 5.74) is 0.482. The number of benzene rings is 1. The van der Waals surface area contributed by atoms with Gasteiger partial charge < -0.3 is 15.0 Å². The molecule has 142 valence electrons. The van der Waals surface area contributed by atoms with E-state index >= 15 is 0 Å². The first-order chi connectivity index (χ1) is 12.5. The first-order valence-electron chi connectivity index (χ1n) is 8.87. The fourth-order valence-electron chi connectivity index (χ4n) is 2.82. The van der Waals surface area contributed by atoms with Gasteiger partial charge in [-0.05, 0) is 50.3 Å². The number of hydrogen-bond acceptors (Lipinski definition) is 5. The fourth-order valence-corrected chi connectivity index (χ4v) is 3.29. The molecule has 2 amide bonds. The molecule has 1 aromatic rings. The summed E-state index contributed by atoms with van der Waals surface area (Å²) >= 11 is 1.58. The summed E-state index contributed by atoms with van der Waals surface area (Å²) in [5.74, 6) is -0.368. The maximum absolute atomic E-state index is 12.5. The van der Waals surface area contributed by atoms with Gasteiger partial charge in [0, 0.05) is 18.7 Å². The molecule has 6 nitrogen and oxygen atoms in total. The molecule has 0 saturated carbocycles. The molecule has 1 aromatic carbocycles. The van der Waals surface area contributed by atoms with Crippen LogP contribution < -0.4 is 5.32 Å². The molecule has 1 heterocycles. The lowest BCUT2D eigenvalue weighted by molar-refractivity contribution is -0.160. The van der Waals surface area contributed by atoms with E-state index in [-0.39, 0.29) is 11.8 Å². The number of ether oxygens (including phenoxy) is 1. The van der Waals surface area contributed by atoms with Crippen LogP contribution in [-0.2, 0) is 14.3 Å². The largest absolute Gasteiger partial charge is 0.451 e. The molecule has 1 saturated heterocycles. The smallest absolute Gasteiger partial charge is 0.329 e. The van der Waals surface area contributed by atoms with Crippen LogP contribution in [0.25, 0.3) is 0 Å². The topological polar surface area (TPSA) is 75.7 Å². The van der Waals surface area contributed by atoms with Crippen molar-refractivity contribution in [3.63, 3.8) is 0 Å². The Labute approximate surface area is 158 Å². The number of hydrogen-bond donors (Lipinski definition) is 1. The average molecular weight is 378 g/mol. The van der Waals surface area contributed by atoms with Crippen LogP contribution >= 0.6 is 11.8 Å². The molecule has 0 bridgehead atoms. The van der Waals surface area contributed by atoms with Crippen LogP contribution in [-0.4, -0.2) is 59.9 Å². The molecule has 26 heavy (non-hydrogen) atoms. The van der Waals surface area contributed by atoms with E-state index in [2.05, 4.69) is 5.32 Å². The van der Waals surface area contributed by atoms with Crippen LogP contribution in [0.4, 0.5) is 0 Å². The third-order valence-electron chi connectivity index (χ3n) is 4.29. The molecule has 0 aliphatic carbocycles. The predicted molar refractivity (Wildman–Crippen MR) is 102 cm³/mol. The first-order valence-corrected chi connectivity index (χ1v) is 10.3. The molecule has 1 N–H and O–H groups in total. The Morgan fingerprint density at radius 1 is 1.19 bits per heavy atom. The Morgan fingerprint density at radius 3 is 2.46 bits per heavy atom. The van der Waals surface area contributed by atoms with Crippen LogP contribution in [0.1, 0.15) is 36.5 Å². The Morgan fingerprint density at radius 2 is 1.85 bits per heavy atom. The highest BCUT2D eigenvalue weighted by Crippen LogP contribution is 2.12. The number of nitrogens with one attached hydrogen (secondary N) is 1. The van der Waals surface area contributed by atoms with Gasteiger partial charge in [-0.2, -0.15) is 11.8 Å². The van der Waals surface area contributed by atoms with Crippen molar-refractivity contribution in [3.05, 3.63) is 35.9 Å². The number of esters is 1. The average Bonchev–Trinajstić information content (AvgIpc) is 3.19. The van der Waals surface area contributed by atoms with Gasteiger partial charge in [-0.1, -0.05) is 18.2 Å². The Kier molecular flexibility index (Phi) is 7.97. The van der Waals surface area contributed by atoms with E-state index < -0.39 is 18.1 Å². The van der Waals surface area contributed by atoms with E-state index in [1.165, 1.54) is 0 Å². The second-order valence-electron chi connectivity index (χ2n) is 6.29. The zero-order valence-electron chi connectivity index (χ0n) is 15.3. The van der Waals surface area contributed by atoms with Gasteiger partial charge in [-0.15, -0.1) is 0 Å². The van der Waals surface area contributed by atoms with Gasteiger partial charge in [-0.3, -0.25) is 9.59 Å². The molecule has 2 atom stereocenters. The maximum Gasteiger partial charge on any atom is 0.329 e. The van der Waals surface area contributed by atoms with E-state index in [1.54, 1.807) is 47.9 Å². The first kappa shape index (κ1) is 20.3. The summed E-state index contributed by atoms with van der Waals surface area (Å²) in [4.78, 5) is 38.9. The SMILES string of the molecule is CSCCC(NC(=O)c1ccccc1)C(=O)OC(C)C(=O)N1CCCC1. The molecule has 7 heteroatoms. The van der Waals surface area contributed by atoms with E-state index in [4.69, 9.17) is 4.74 Å². The monoisotopic (exact) mass is 378 g/mol. The molecule has 0 aromatic heterocycles. The third kappa shape index (κ3) is 5.76. The highest BCUT2D eigenvalue weighted by atomic mass is 32.2. The van der Waals surface area contributed by atoms with Crippen molar-refractivity contribution in [1.82, 2.24) is 10.2 Å². The van der Waals surface area contributed by atoms with Gasteiger partial charge in [0.05, 0.1) is 0 Å². The number of carbonyl (C=O) groups is 3. The van der Waals surface area contributed by atoms with E-state index in [0.717, 1.165) is 12.8 Å². The molecule has 1 aliphatic rings. The Hall–Kier alpha value is -2.02. The fraction of sp³-hybridized carbons (Fsp3) is 0.526. The van der Waals surface area contributed by atoms with Crippen molar-refractivity contribution in [2.45, 2.75) is 38.3 Å². The van der Waals surface area contributed by atoms with Crippen molar-refractivity contribution in [2.75, 3.05) is 25.1 Å². The molecule has 2 rings (SSSR count). The highest BCUT2D eigenvalue weighted by Gasteiger charge is 2.29. The lowest BCUT2D eigenvalue weighted by Crippen LogP contribution is -2.45. The lowest BCUT2D eigenvalue weighted by atomic mass is 10.1. The van der Waals surface area contributed by atoms with Crippen LogP contribution in [0.3, 0.4) is 0 Å². The number of nitrogens with zero attached hydrogens (tertiary/aromatic N) is 1. The molecular formula is C19H26N2O4S. The molecule has 1 fully saturated rings. The van der Waals surface area contributed by atoms with Crippen LogP contribution in [0.15, 0.2) is 30.3 Å². The van der Waals surface area contributed by atoms with Gasteiger partial charge >= 0.3 is 5.97 Å². The summed E-state index contributed by atoms with van der Waals surface area (Å²) in [5, 5.41) is 2.73. The zero-order valence-corrected chi connectivity index (χ0v) is 16.1. The molecule has 2 unspecified atom stereocenters. The zero-order chi connectivity index (χ0) is 18.9. The van der Waals surface area contributed by atoms with E-state index in [0.29, 0.717) is 30.8 Å². The summed E-state index contributed by atoms with van der Waals surface area (Å²) in [6.45, 7) is 3.01. The number of amides is 2. The summed E-state index contributed by atoms with van der Waals surface area (Å²) in [6, 6.07) is 7.95. The number of thioether (sulfide) groups is 1. The number of carbonyl (C=O) groups excluding carboxylic acids is 3. The van der Waals surface area contributed by atoms with Crippen LogP contribution in [0.2, 0.25) is 0 Å². The normalized spacial score (nSPS) is 16.0. The van der Waals surface area contributed by atoms with Crippen molar-refractivity contribution in [1.29, 1.82) is 0 Å². The lowest BCUT2D eigenvalue weighted by Gasteiger charge is -2.23. The van der Waals surface area contributed by atoms with Gasteiger partial charge in [0.15, 0.2) is 6.10 Å². The van der Waals surface area contributed by atoms with E-state index in [9.17, 15) is 14.4 Å². The standard InChI is InChI=1S/C19H26N2O4S/c1-14(18(23)21-11-6-7-12-21)25-19(24)16(10-13-26-2)20-17(22)15-8-4-3-5-9-15/h3-5,8-9,14,16H,6-7,10-13H2,1-2H3,(H,20,22). The van der Waals surface area contributed by atoms with Gasteiger partial charge in [-0.25, -0.2) is 4.79 Å². The minimum atomic E-state index is -0.842. The van der Waals surface area contributed by atoms with E-state index in [1.807, 2.05) is 12.3 Å². The Bertz CT molecular complexity index is 617. The van der Waals surface area contributed by atoms with Gasteiger partial charge in [0.2, 0.25) is 0 Å². The maximum atomic E-state index is 12.5. The minimum Gasteiger partial charge on any atom is -0.451 e. The van der Waals surface area contributed by atoms with Crippen molar-refractivity contribution in [3.8, 4) is 0 Å². The molecular weight excluding hydrogens is 352 g/mol. The molecule has 1 aliphatic heterocycles. The second-order valence-corrected chi connectivity index (χ2v) is 7.27. The quantitative estimate of drug-likeness (QED) is 0.701. The number of likely N-dealkylation sites (tertiary alicyclic amines) is 1. The van der Waals surface area contributed by atoms with Crippen molar-refractivity contribution in [2.24, 2.45) is 0 Å². The van der Waals surface area contributed by atoms with Crippen molar-refractivity contribution < 1.29 is 19.1 Å². The van der Waals surface area contributed by atoms with Gasteiger partial charge in [0.1, 0.15) is 6.04 Å².